The lowest BCUT2D eigenvalue weighted by atomic mass is 10.2. The third-order valence-electron chi connectivity index (χ3n) is 3.13. The van der Waals surface area contributed by atoms with Gasteiger partial charge in [-0.1, -0.05) is 40.6 Å². The number of amides is 2. The summed E-state index contributed by atoms with van der Waals surface area (Å²) in [6.07, 6.45) is 0. The van der Waals surface area contributed by atoms with Crippen LogP contribution in [0.2, 0.25) is 10.0 Å². The van der Waals surface area contributed by atoms with Crippen LogP contribution >= 0.6 is 34.5 Å². The minimum Gasteiger partial charge on any atom is -0.497 e. The molecule has 1 aromatic heterocycles. The Labute approximate surface area is 157 Å². The molecule has 2 aromatic carbocycles. The maximum absolute atomic E-state index is 12.1. The summed E-state index contributed by atoms with van der Waals surface area (Å²) in [5, 5.41) is 15.3. The highest BCUT2D eigenvalue weighted by Gasteiger charge is 2.12. The fraction of sp³-hybridized carbons (Fsp3) is 0.0625. The van der Waals surface area contributed by atoms with Crippen LogP contribution in [0, 0.1) is 0 Å². The smallest absolute Gasteiger partial charge is 0.325 e. The Kier molecular flexibility index (Phi) is 5.37. The van der Waals surface area contributed by atoms with Crippen LogP contribution in [0.1, 0.15) is 0 Å². The summed E-state index contributed by atoms with van der Waals surface area (Å²) < 4.78 is 5.11. The summed E-state index contributed by atoms with van der Waals surface area (Å²) in [5.74, 6) is 0.647. The van der Waals surface area contributed by atoms with Crippen molar-refractivity contribution < 1.29 is 9.53 Å². The number of methoxy groups -OCH3 is 1. The second-order valence-electron chi connectivity index (χ2n) is 4.85. The number of nitrogens with one attached hydrogen (secondary N) is 2. The lowest BCUT2D eigenvalue weighted by Gasteiger charge is -2.06. The van der Waals surface area contributed by atoms with Gasteiger partial charge in [0.05, 0.1) is 12.1 Å². The van der Waals surface area contributed by atoms with Gasteiger partial charge < -0.3 is 10.1 Å². The van der Waals surface area contributed by atoms with Crippen molar-refractivity contribution in [3.05, 3.63) is 52.5 Å². The van der Waals surface area contributed by atoms with Gasteiger partial charge in [0.2, 0.25) is 5.13 Å². The fourth-order valence-electron chi connectivity index (χ4n) is 2.01. The van der Waals surface area contributed by atoms with Crippen molar-refractivity contribution in [2.24, 2.45) is 0 Å². The van der Waals surface area contributed by atoms with Gasteiger partial charge in [-0.2, -0.15) is 0 Å². The molecule has 0 aliphatic rings. The molecule has 0 bridgehead atoms. The van der Waals surface area contributed by atoms with Crippen LogP contribution in [0.15, 0.2) is 42.5 Å². The first-order valence-electron chi connectivity index (χ1n) is 7.06. The first-order chi connectivity index (χ1) is 12.0. The number of urea groups is 1. The van der Waals surface area contributed by atoms with E-state index in [-0.39, 0.29) is 0 Å². The van der Waals surface area contributed by atoms with E-state index in [4.69, 9.17) is 27.9 Å². The average molecular weight is 395 g/mol. The first-order valence-corrected chi connectivity index (χ1v) is 8.63. The molecule has 2 N–H and O–H groups in total. The average Bonchev–Trinajstić information content (AvgIpc) is 3.03. The van der Waals surface area contributed by atoms with Crippen molar-refractivity contribution in [1.29, 1.82) is 0 Å². The van der Waals surface area contributed by atoms with Gasteiger partial charge in [0.15, 0.2) is 5.01 Å². The predicted octanol–water partition coefficient (Wildman–Crippen LogP) is 5.16. The van der Waals surface area contributed by atoms with E-state index in [9.17, 15) is 4.79 Å². The number of hydrogen-bond donors (Lipinski definition) is 2. The van der Waals surface area contributed by atoms with E-state index < -0.39 is 6.03 Å². The Morgan fingerprint density at radius 3 is 2.72 bits per heavy atom. The SMILES string of the molecule is COc1cccc(NC(=O)Nc2nnc(-c3ccc(Cl)cc3Cl)s2)c1. The Morgan fingerprint density at radius 1 is 1.12 bits per heavy atom. The van der Waals surface area contributed by atoms with Gasteiger partial charge in [0, 0.05) is 22.3 Å². The number of aromatic nitrogens is 2. The van der Waals surface area contributed by atoms with E-state index in [0.29, 0.717) is 37.2 Å². The highest BCUT2D eigenvalue weighted by atomic mass is 35.5. The van der Waals surface area contributed by atoms with Crippen LogP contribution in [0.25, 0.3) is 10.6 Å². The number of nitrogens with zero attached hydrogens (tertiary/aromatic N) is 2. The Morgan fingerprint density at radius 2 is 1.96 bits per heavy atom. The summed E-state index contributed by atoms with van der Waals surface area (Å²) in [6, 6.07) is 11.7. The molecular weight excluding hydrogens is 383 g/mol. The topological polar surface area (TPSA) is 76.1 Å². The maximum atomic E-state index is 12.1. The lowest BCUT2D eigenvalue weighted by molar-refractivity contribution is 0.262. The van der Waals surface area contributed by atoms with Gasteiger partial charge >= 0.3 is 6.03 Å². The number of hydrogen-bond acceptors (Lipinski definition) is 5. The van der Waals surface area contributed by atoms with E-state index in [0.717, 1.165) is 0 Å². The molecule has 2 amide bonds. The maximum Gasteiger partial charge on any atom is 0.325 e. The molecule has 0 spiro atoms. The molecule has 0 aliphatic heterocycles. The quantitative estimate of drug-likeness (QED) is 0.640. The van der Waals surface area contributed by atoms with Crippen molar-refractivity contribution in [3.63, 3.8) is 0 Å². The van der Waals surface area contributed by atoms with Crippen molar-refractivity contribution in [2.75, 3.05) is 17.7 Å². The highest BCUT2D eigenvalue weighted by molar-refractivity contribution is 7.18. The molecule has 0 unspecified atom stereocenters. The third kappa shape index (κ3) is 4.39. The van der Waals surface area contributed by atoms with E-state index in [2.05, 4.69) is 20.8 Å². The van der Waals surface area contributed by atoms with Crippen LogP contribution in [0.3, 0.4) is 0 Å². The van der Waals surface area contributed by atoms with Gasteiger partial charge in [0.1, 0.15) is 5.75 Å². The standard InChI is InChI=1S/C16H12Cl2N4O2S/c1-24-11-4-2-3-10(8-11)19-15(23)20-16-22-21-14(25-16)12-6-5-9(17)7-13(12)18/h2-8H,1H3,(H2,19,20,22,23). The normalized spacial score (nSPS) is 10.4. The summed E-state index contributed by atoms with van der Waals surface area (Å²) >= 11 is 13.2. The van der Waals surface area contributed by atoms with Crippen LogP contribution < -0.4 is 15.4 Å². The Bertz CT molecular complexity index is 917. The fourth-order valence-corrected chi connectivity index (χ4v) is 3.34. The van der Waals surface area contributed by atoms with E-state index in [1.165, 1.54) is 11.3 Å². The first kappa shape index (κ1) is 17.5. The monoisotopic (exact) mass is 394 g/mol. The number of ether oxygens (including phenoxy) is 1. The van der Waals surface area contributed by atoms with Gasteiger partial charge in [-0.25, -0.2) is 4.79 Å². The van der Waals surface area contributed by atoms with Crippen LogP contribution in [-0.4, -0.2) is 23.3 Å². The second kappa shape index (κ2) is 7.69. The molecule has 0 aliphatic carbocycles. The molecule has 3 aromatic rings. The van der Waals surface area contributed by atoms with Crippen molar-refractivity contribution in [3.8, 4) is 16.3 Å². The number of carbonyl (C=O) groups excluding carboxylic acids is 1. The molecule has 6 nitrogen and oxygen atoms in total. The summed E-state index contributed by atoms with van der Waals surface area (Å²) in [6.45, 7) is 0. The van der Waals surface area contributed by atoms with Gasteiger partial charge in [0.25, 0.3) is 0 Å². The predicted molar refractivity (Wildman–Crippen MR) is 101 cm³/mol. The van der Waals surface area contributed by atoms with E-state index in [1.54, 1.807) is 49.6 Å². The van der Waals surface area contributed by atoms with Gasteiger partial charge in [-0.15, -0.1) is 10.2 Å². The molecule has 0 radical (unpaired) electrons. The van der Waals surface area contributed by atoms with Crippen molar-refractivity contribution in [1.82, 2.24) is 10.2 Å². The zero-order valence-electron chi connectivity index (χ0n) is 12.9. The number of rotatable bonds is 4. The van der Waals surface area contributed by atoms with Crippen molar-refractivity contribution in [2.45, 2.75) is 0 Å². The molecule has 9 heteroatoms. The van der Waals surface area contributed by atoms with E-state index >= 15 is 0 Å². The summed E-state index contributed by atoms with van der Waals surface area (Å²) in [5.41, 5.74) is 1.30. The lowest BCUT2D eigenvalue weighted by Crippen LogP contribution is -2.19. The van der Waals surface area contributed by atoms with Gasteiger partial charge in [-0.3, -0.25) is 5.32 Å². The summed E-state index contributed by atoms with van der Waals surface area (Å²) in [4.78, 5) is 12.1. The number of halogens is 2. The zero-order valence-corrected chi connectivity index (χ0v) is 15.2. The molecule has 0 atom stereocenters. The number of anilines is 2. The molecule has 128 valence electrons. The molecular formula is C16H12Cl2N4O2S. The Hall–Kier alpha value is -2.35. The highest BCUT2D eigenvalue weighted by Crippen LogP contribution is 2.33. The minimum atomic E-state index is -0.432. The number of benzene rings is 2. The van der Waals surface area contributed by atoms with Crippen LogP contribution in [0.5, 0.6) is 5.75 Å². The molecule has 0 saturated carbocycles. The third-order valence-corrected chi connectivity index (χ3v) is 4.55. The van der Waals surface area contributed by atoms with Crippen LogP contribution in [-0.2, 0) is 0 Å². The Balaban J connectivity index is 1.69. The van der Waals surface area contributed by atoms with Crippen LogP contribution in [0.4, 0.5) is 15.6 Å². The molecule has 0 saturated heterocycles. The zero-order chi connectivity index (χ0) is 17.8. The molecule has 0 fully saturated rings. The van der Waals surface area contributed by atoms with Crippen molar-refractivity contribution >= 4 is 51.4 Å². The van der Waals surface area contributed by atoms with E-state index in [1.807, 2.05) is 0 Å². The molecule has 25 heavy (non-hydrogen) atoms. The largest absolute Gasteiger partial charge is 0.497 e. The minimum absolute atomic E-state index is 0.349. The van der Waals surface area contributed by atoms with Gasteiger partial charge in [-0.05, 0) is 30.3 Å². The summed E-state index contributed by atoms with van der Waals surface area (Å²) in [7, 11) is 1.56. The molecule has 1 heterocycles. The molecule has 3 rings (SSSR count). The second-order valence-corrected chi connectivity index (χ2v) is 6.67. The number of carbonyl (C=O) groups is 1.